The van der Waals surface area contributed by atoms with Crippen LogP contribution in [0, 0.1) is 10.1 Å². The third-order valence-corrected chi connectivity index (χ3v) is 4.86. The van der Waals surface area contributed by atoms with Crippen molar-refractivity contribution in [3.05, 3.63) is 69.9 Å². The highest BCUT2D eigenvalue weighted by Gasteiger charge is 2.25. The summed E-state index contributed by atoms with van der Waals surface area (Å²) in [5.41, 5.74) is 2.32. The van der Waals surface area contributed by atoms with E-state index in [1.807, 2.05) is 35.2 Å². The van der Waals surface area contributed by atoms with Crippen molar-refractivity contribution in [3.63, 3.8) is 0 Å². The number of H-pyrrole nitrogens is 1. The number of rotatable bonds is 4. The molecule has 1 aliphatic heterocycles. The highest BCUT2D eigenvalue weighted by molar-refractivity contribution is 6.04. The first-order valence-electron chi connectivity index (χ1n) is 8.80. The third-order valence-electron chi connectivity index (χ3n) is 4.86. The molecular formula is C19H19N5O3. The average molecular weight is 365 g/mol. The van der Waals surface area contributed by atoms with E-state index in [0.717, 1.165) is 29.6 Å². The van der Waals surface area contributed by atoms with Crippen LogP contribution < -0.4 is 0 Å². The van der Waals surface area contributed by atoms with Crippen molar-refractivity contribution in [2.45, 2.75) is 6.54 Å². The molecule has 1 aromatic heterocycles. The summed E-state index contributed by atoms with van der Waals surface area (Å²) < 4.78 is 0. The van der Waals surface area contributed by atoms with Crippen LogP contribution in [0.1, 0.15) is 16.1 Å². The Morgan fingerprint density at radius 1 is 1.11 bits per heavy atom. The van der Waals surface area contributed by atoms with Crippen molar-refractivity contribution in [2.75, 3.05) is 26.2 Å². The summed E-state index contributed by atoms with van der Waals surface area (Å²) >= 11 is 0. The molecule has 1 fully saturated rings. The van der Waals surface area contributed by atoms with Gasteiger partial charge in [0.1, 0.15) is 0 Å². The van der Waals surface area contributed by atoms with Gasteiger partial charge < -0.3 is 4.90 Å². The number of carbonyl (C=O) groups is 1. The molecule has 8 heteroatoms. The Hall–Kier alpha value is -3.26. The van der Waals surface area contributed by atoms with Crippen molar-refractivity contribution in [1.82, 2.24) is 20.0 Å². The number of benzene rings is 2. The van der Waals surface area contributed by atoms with Crippen LogP contribution in [0.3, 0.4) is 0 Å². The molecule has 0 spiro atoms. The molecule has 1 aliphatic rings. The normalized spacial score (nSPS) is 15.2. The van der Waals surface area contributed by atoms with Gasteiger partial charge in [-0.2, -0.15) is 5.10 Å². The van der Waals surface area contributed by atoms with Gasteiger partial charge in [0.2, 0.25) is 0 Å². The molecule has 2 heterocycles. The number of nitrogens with zero attached hydrogens (tertiary/aromatic N) is 4. The zero-order valence-electron chi connectivity index (χ0n) is 14.7. The minimum Gasteiger partial charge on any atom is -0.335 e. The summed E-state index contributed by atoms with van der Waals surface area (Å²) in [5.74, 6) is -0.0672. The van der Waals surface area contributed by atoms with Crippen molar-refractivity contribution < 1.29 is 9.72 Å². The lowest BCUT2D eigenvalue weighted by molar-refractivity contribution is -0.384. The number of piperazine rings is 1. The lowest BCUT2D eigenvalue weighted by Gasteiger charge is -2.34. The Labute approximate surface area is 155 Å². The fourth-order valence-electron chi connectivity index (χ4n) is 3.41. The first-order chi connectivity index (χ1) is 13.1. The SMILES string of the molecule is O=C(c1n[nH]c2ccccc12)N1CCN(Cc2cccc([N+](=O)[O-])c2)CC1. The van der Waals surface area contributed by atoms with Gasteiger partial charge in [0.05, 0.1) is 10.4 Å². The standard InChI is InChI=1S/C19H19N5O3/c25-19(18-16-6-1-2-7-17(16)20-21-18)23-10-8-22(9-11-23)13-14-4-3-5-15(12-14)24(26)27/h1-7,12H,8-11,13H2,(H,20,21). The number of aromatic amines is 1. The summed E-state index contributed by atoms with van der Waals surface area (Å²) in [6.45, 7) is 3.28. The highest BCUT2D eigenvalue weighted by Crippen LogP contribution is 2.19. The largest absolute Gasteiger partial charge is 0.335 e. The molecular weight excluding hydrogens is 346 g/mol. The Morgan fingerprint density at radius 3 is 2.67 bits per heavy atom. The molecule has 0 saturated carbocycles. The van der Waals surface area contributed by atoms with Gasteiger partial charge in [-0.25, -0.2) is 0 Å². The van der Waals surface area contributed by atoms with Crippen LogP contribution in [0.2, 0.25) is 0 Å². The Bertz CT molecular complexity index is 992. The van der Waals surface area contributed by atoms with Crippen LogP contribution in [0.25, 0.3) is 10.9 Å². The fourth-order valence-corrected chi connectivity index (χ4v) is 3.41. The maximum absolute atomic E-state index is 12.8. The molecule has 0 radical (unpaired) electrons. The number of hydrogen-bond acceptors (Lipinski definition) is 5. The molecule has 1 saturated heterocycles. The van der Waals surface area contributed by atoms with E-state index in [9.17, 15) is 14.9 Å². The smallest absolute Gasteiger partial charge is 0.275 e. The second-order valence-electron chi connectivity index (χ2n) is 6.61. The Morgan fingerprint density at radius 2 is 1.89 bits per heavy atom. The van der Waals surface area contributed by atoms with Crippen LogP contribution in [-0.2, 0) is 6.54 Å². The molecule has 2 aromatic carbocycles. The monoisotopic (exact) mass is 365 g/mol. The van der Waals surface area contributed by atoms with Crippen LogP contribution in [-0.4, -0.2) is 57.0 Å². The topological polar surface area (TPSA) is 95.4 Å². The molecule has 1 N–H and O–H groups in total. The summed E-state index contributed by atoms with van der Waals surface area (Å²) in [6, 6.07) is 14.3. The number of aromatic nitrogens is 2. The molecule has 0 aliphatic carbocycles. The lowest BCUT2D eigenvalue weighted by Crippen LogP contribution is -2.48. The molecule has 0 bridgehead atoms. The Balaban J connectivity index is 1.39. The molecule has 138 valence electrons. The van der Waals surface area contributed by atoms with E-state index < -0.39 is 0 Å². The van der Waals surface area contributed by atoms with E-state index in [1.54, 1.807) is 12.1 Å². The molecule has 0 atom stereocenters. The summed E-state index contributed by atoms with van der Waals surface area (Å²) in [5, 5.41) is 18.8. The molecule has 27 heavy (non-hydrogen) atoms. The van der Waals surface area contributed by atoms with Gasteiger partial charge in [-0.05, 0) is 11.6 Å². The van der Waals surface area contributed by atoms with Gasteiger partial charge in [-0.3, -0.25) is 24.9 Å². The summed E-state index contributed by atoms with van der Waals surface area (Å²) in [4.78, 5) is 27.3. The van der Waals surface area contributed by atoms with Crippen LogP contribution in [0.15, 0.2) is 48.5 Å². The molecule has 0 unspecified atom stereocenters. The van der Waals surface area contributed by atoms with E-state index in [-0.39, 0.29) is 16.5 Å². The number of fused-ring (bicyclic) bond motifs is 1. The molecule has 1 amide bonds. The maximum Gasteiger partial charge on any atom is 0.275 e. The number of nitrogens with one attached hydrogen (secondary N) is 1. The minimum atomic E-state index is -0.381. The van der Waals surface area contributed by atoms with Crippen molar-refractivity contribution in [3.8, 4) is 0 Å². The average Bonchev–Trinajstić information content (AvgIpc) is 3.12. The summed E-state index contributed by atoms with van der Waals surface area (Å²) in [6.07, 6.45) is 0. The van der Waals surface area contributed by atoms with Crippen molar-refractivity contribution in [2.24, 2.45) is 0 Å². The van der Waals surface area contributed by atoms with E-state index in [0.29, 0.717) is 25.3 Å². The first kappa shape index (κ1) is 17.2. The third kappa shape index (κ3) is 3.52. The zero-order chi connectivity index (χ0) is 18.8. The Kier molecular flexibility index (Phi) is 4.55. The van der Waals surface area contributed by atoms with Gasteiger partial charge >= 0.3 is 0 Å². The van der Waals surface area contributed by atoms with Gasteiger partial charge in [0.15, 0.2) is 5.69 Å². The number of hydrogen-bond donors (Lipinski definition) is 1. The quantitative estimate of drug-likeness (QED) is 0.566. The van der Waals surface area contributed by atoms with E-state index in [1.165, 1.54) is 6.07 Å². The number of nitro benzene ring substituents is 1. The van der Waals surface area contributed by atoms with Crippen molar-refractivity contribution in [1.29, 1.82) is 0 Å². The van der Waals surface area contributed by atoms with E-state index >= 15 is 0 Å². The van der Waals surface area contributed by atoms with Gasteiger partial charge in [0.25, 0.3) is 11.6 Å². The second kappa shape index (κ2) is 7.16. The number of para-hydroxylation sites is 1. The van der Waals surface area contributed by atoms with Crippen LogP contribution >= 0.6 is 0 Å². The second-order valence-corrected chi connectivity index (χ2v) is 6.61. The minimum absolute atomic E-state index is 0.0672. The number of non-ortho nitro benzene ring substituents is 1. The number of carbonyl (C=O) groups excluding carboxylic acids is 1. The van der Waals surface area contributed by atoms with Crippen LogP contribution in [0.5, 0.6) is 0 Å². The van der Waals surface area contributed by atoms with E-state index in [2.05, 4.69) is 15.1 Å². The van der Waals surface area contributed by atoms with Gasteiger partial charge in [-0.15, -0.1) is 0 Å². The number of nitro groups is 1. The number of amides is 1. The molecule has 3 aromatic rings. The lowest BCUT2D eigenvalue weighted by atomic mass is 10.1. The van der Waals surface area contributed by atoms with Gasteiger partial charge in [-0.1, -0.05) is 30.3 Å². The highest BCUT2D eigenvalue weighted by atomic mass is 16.6. The predicted molar refractivity (Wildman–Crippen MR) is 100 cm³/mol. The molecule has 4 rings (SSSR count). The fraction of sp³-hybridized carbons (Fsp3) is 0.263. The maximum atomic E-state index is 12.8. The van der Waals surface area contributed by atoms with Crippen molar-refractivity contribution >= 4 is 22.5 Å². The summed E-state index contributed by atoms with van der Waals surface area (Å²) in [7, 11) is 0. The first-order valence-corrected chi connectivity index (χ1v) is 8.80. The zero-order valence-corrected chi connectivity index (χ0v) is 14.7. The van der Waals surface area contributed by atoms with E-state index in [4.69, 9.17) is 0 Å². The van der Waals surface area contributed by atoms with Gasteiger partial charge in [0, 0.05) is 50.2 Å². The predicted octanol–water partition coefficient (Wildman–Crippen LogP) is 2.43. The van der Waals surface area contributed by atoms with Crippen LogP contribution in [0.4, 0.5) is 5.69 Å². The molecule has 8 nitrogen and oxygen atoms in total.